The van der Waals surface area contributed by atoms with Gasteiger partial charge in [-0.25, -0.2) is 23.4 Å². The fourth-order valence-corrected chi connectivity index (χ4v) is 3.78. The SMILES string of the molecule is CNc1cnc(C(=O)c2ncc(Cl)cc2NS(=O)(=O)c2ccc(OC(C)C)cc2)cn1. The molecule has 31 heavy (non-hydrogen) atoms. The van der Waals surface area contributed by atoms with Gasteiger partial charge in [0.05, 0.1) is 34.1 Å². The molecule has 2 aromatic heterocycles. The number of rotatable bonds is 8. The van der Waals surface area contributed by atoms with Crippen molar-refractivity contribution in [3.8, 4) is 5.75 Å². The molecule has 2 heterocycles. The number of hydrogen-bond donors (Lipinski definition) is 2. The summed E-state index contributed by atoms with van der Waals surface area (Å²) in [6.07, 6.45) is 3.86. The molecule has 0 aliphatic heterocycles. The molecule has 162 valence electrons. The molecule has 0 amide bonds. The van der Waals surface area contributed by atoms with Gasteiger partial charge in [-0.05, 0) is 44.2 Å². The van der Waals surface area contributed by atoms with E-state index in [1.54, 1.807) is 19.2 Å². The summed E-state index contributed by atoms with van der Waals surface area (Å²) < 4.78 is 33.6. The van der Waals surface area contributed by atoms with E-state index in [0.717, 1.165) is 0 Å². The van der Waals surface area contributed by atoms with Crippen LogP contribution in [-0.2, 0) is 10.0 Å². The zero-order valence-corrected chi connectivity index (χ0v) is 18.5. The number of benzene rings is 1. The van der Waals surface area contributed by atoms with Crippen molar-refractivity contribution >= 4 is 38.9 Å². The standard InChI is InChI=1S/C20H20ClN5O4S/c1-12(2)30-14-4-6-15(7-5-14)31(28,29)26-16-8-13(21)9-25-19(16)20(27)17-10-24-18(22-3)11-23-17/h4-12,26H,1-3H3,(H,22,24). The van der Waals surface area contributed by atoms with Crippen LogP contribution in [0.2, 0.25) is 5.02 Å². The van der Waals surface area contributed by atoms with E-state index in [1.165, 1.54) is 36.8 Å². The summed E-state index contributed by atoms with van der Waals surface area (Å²) in [5.74, 6) is 0.412. The number of anilines is 2. The maximum atomic E-state index is 12.9. The number of nitrogens with zero attached hydrogens (tertiary/aromatic N) is 3. The molecule has 0 saturated carbocycles. The number of carbonyl (C=O) groups excluding carboxylic acids is 1. The molecular formula is C20H20ClN5O4S. The minimum atomic E-state index is -4.03. The average Bonchev–Trinajstić information content (AvgIpc) is 2.73. The number of ether oxygens (including phenoxy) is 1. The van der Waals surface area contributed by atoms with Crippen molar-refractivity contribution in [2.24, 2.45) is 0 Å². The fraction of sp³-hybridized carbons (Fsp3) is 0.200. The first-order chi connectivity index (χ1) is 14.7. The Kier molecular flexibility index (Phi) is 6.71. The lowest BCUT2D eigenvalue weighted by Gasteiger charge is -2.13. The number of nitrogens with one attached hydrogen (secondary N) is 2. The molecule has 3 aromatic rings. The second kappa shape index (κ2) is 9.27. The number of aromatic nitrogens is 3. The van der Waals surface area contributed by atoms with Gasteiger partial charge < -0.3 is 10.1 Å². The lowest BCUT2D eigenvalue weighted by atomic mass is 10.2. The van der Waals surface area contributed by atoms with Crippen LogP contribution in [0.15, 0.2) is 53.8 Å². The summed E-state index contributed by atoms with van der Waals surface area (Å²) in [6, 6.07) is 7.22. The highest BCUT2D eigenvalue weighted by Gasteiger charge is 2.22. The second-order valence-electron chi connectivity index (χ2n) is 6.66. The summed E-state index contributed by atoms with van der Waals surface area (Å²) in [6.45, 7) is 3.74. The van der Waals surface area contributed by atoms with Crippen LogP contribution in [0, 0.1) is 0 Å². The molecule has 0 aliphatic rings. The maximum absolute atomic E-state index is 12.9. The van der Waals surface area contributed by atoms with Crippen molar-refractivity contribution in [2.45, 2.75) is 24.8 Å². The third-order valence-electron chi connectivity index (χ3n) is 3.96. The number of halogens is 1. The third kappa shape index (κ3) is 5.47. The summed E-state index contributed by atoms with van der Waals surface area (Å²) in [5.41, 5.74) is -0.219. The molecule has 0 unspecified atom stereocenters. The highest BCUT2D eigenvalue weighted by Crippen LogP contribution is 2.25. The Morgan fingerprint density at radius 1 is 1.06 bits per heavy atom. The Morgan fingerprint density at radius 3 is 2.35 bits per heavy atom. The van der Waals surface area contributed by atoms with E-state index in [4.69, 9.17) is 16.3 Å². The van der Waals surface area contributed by atoms with Crippen molar-refractivity contribution in [1.82, 2.24) is 15.0 Å². The summed E-state index contributed by atoms with van der Waals surface area (Å²) in [5, 5.41) is 2.96. The normalized spacial score (nSPS) is 11.3. The smallest absolute Gasteiger partial charge is 0.261 e. The predicted molar refractivity (Wildman–Crippen MR) is 117 cm³/mol. The van der Waals surface area contributed by atoms with E-state index < -0.39 is 15.8 Å². The van der Waals surface area contributed by atoms with Gasteiger partial charge >= 0.3 is 0 Å². The molecule has 0 fully saturated rings. The van der Waals surface area contributed by atoms with Crippen molar-refractivity contribution < 1.29 is 17.9 Å². The highest BCUT2D eigenvalue weighted by molar-refractivity contribution is 7.92. The lowest BCUT2D eigenvalue weighted by Crippen LogP contribution is -2.17. The Hall–Kier alpha value is -3.24. The number of pyridine rings is 1. The summed E-state index contributed by atoms with van der Waals surface area (Å²) >= 11 is 5.99. The summed E-state index contributed by atoms with van der Waals surface area (Å²) in [7, 11) is -2.36. The molecule has 0 spiro atoms. The number of sulfonamides is 1. The fourth-order valence-electron chi connectivity index (χ4n) is 2.57. The lowest BCUT2D eigenvalue weighted by molar-refractivity contribution is 0.103. The van der Waals surface area contributed by atoms with Crippen LogP contribution < -0.4 is 14.8 Å². The highest BCUT2D eigenvalue weighted by atomic mass is 35.5. The van der Waals surface area contributed by atoms with Crippen LogP contribution in [0.5, 0.6) is 5.75 Å². The molecular weight excluding hydrogens is 442 g/mol. The molecule has 11 heteroatoms. The zero-order valence-electron chi connectivity index (χ0n) is 17.0. The minimum absolute atomic E-state index is 0.00413. The summed E-state index contributed by atoms with van der Waals surface area (Å²) in [4.78, 5) is 24.9. The average molecular weight is 462 g/mol. The van der Waals surface area contributed by atoms with Crippen LogP contribution in [0.4, 0.5) is 11.5 Å². The monoisotopic (exact) mass is 461 g/mol. The first-order valence-corrected chi connectivity index (χ1v) is 11.1. The Bertz CT molecular complexity index is 1180. The first kappa shape index (κ1) is 22.4. The van der Waals surface area contributed by atoms with Gasteiger partial charge in [0.2, 0.25) is 5.78 Å². The molecule has 3 rings (SSSR count). The van der Waals surface area contributed by atoms with Crippen LogP contribution in [0.1, 0.15) is 30.0 Å². The van der Waals surface area contributed by atoms with Gasteiger partial charge in [-0.15, -0.1) is 0 Å². The third-order valence-corrected chi connectivity index (χ3v) is 5.55. The number of carbonyl (C=O) groups is 1. The van der Waals surface area contributed by atoms with Crippen LogP contribution in [0.3, 0.4) is 0 Å². The van der Waals surface area contributed by atoms with Crippen LogP contribution in [0.25, 0.3) is 0 Å². The molecule has 0 aliphatic carbocycles. The Morgan fingerprint density at radius 2 is 1.77 bits per heavy atom. The van der Waals surface area contributed by atoms with E-state index in [-0.39, 0.29) is 33.1 Å². The van der Waals surface area contributed by atoms with Crippen molar-refractivity contribution in [3.63, 3.8) is 0 Å². The zero-order chi connectivity index (χ0) is 22.6. The molecule has 0 bridgehead atoms. The largest absolute Gasteiger partial charge is 0.491 e. The van der Waals surface area contributed by atoms with Gasteiger partial charge in [-0.1, -0.05) is 11.6 Å². The van der Waals surface area contributed by atoms with Gasteiger partial charge in [-0.2, -0.15) is 0 Å². The molecule has 1 aromatic carbocycles. The van der Waals surface area contributed by atoms with Gasteiger partial charge in [0.25, 0.3) is 10.0 Å². The maximum Gasteiger partial charge on any atom is 0.261 e. The van der Waals surface area contributed by atoms with Crippen molar-refractivity contribution in [2.75, 3.05) is 17.1 Å². The molecule has 0 radical (unpaired) electrons. The predicted octanol–water partition coefficient (Wildman–Crippen LogP) is 3.39. The van der Waals surface area contributed by atoms with Crippen LogP contribution in [-0.4, -0.2) is 42.3 Å². The van der Waals surface area contributed by atoms with E-state index >= 15 is 0 Å². The minimum Gasteiger partial charge on any atom is -0.491 e. The van der Waals surface area contributed by atoms with E-state index in [1.807, 2.05) is 13.8 Å². The second-order valence-corrected chi connectivity index (χ2v) is 8.78. The van der Waals surface area contributed by atoms with Crippen molar-refractivity contribution in [1.29, 1.82) is 0 Å². The first-order valence-electron chi connectivity index (χ1n) is 9.19. The number of ketones is 1. The Balaban J connectivity index is 1.91. The number of hydrogen-bond acceptors (Lipinski definition) is 8. The Labute approximate surface area is 184 Å². The quantitative estimate of drug-likeness (QED) is 0.489. The van der Waals surface area contributed by atoms with Crippen LogP contribution >= 0.6 is 11.6 Å². The molecule has 2 N–H and O–H groups in total. The molecule has 0 atom stereocenters. The topological polar surface area (TPSA) is 123 Å². The van der Waals surface area contributed by atoms with Gasteiger partial charge in [-0.3, -0.25) is 9.52 Å². The van der Waals surface area contributed by atoms with E-state index in [9.17, 15) is 13.2 Å². The van der Waals surface area contributed by atoms with E-state index in [2.05, 4.69) is 25.0 Å². The molecule has 0 saturated heterocycles. The van der Waals surface area contributed by atoms with E-state index in [0.29, 0.717) is 11.6 Å². The molecule has 9 nitrogen and oxygen atoms in total. The van der Waals surface area contributed by atoms with Gasteiger partial charge in [0.1, 0.15) is 23.0 Å². The van der Waals surface area contributed by atoms with Crippen molar-refractivity contribution in [3.05, 3.63) is 65.3 Å². The van der Waals surface area contributed by atoms with Gasteiger partial charge in [0.15, 0.2) is 0 Å². The van der Waals surface area contributed by atoms with Gasteiger partial charge in [0, 0.05) is 13.2 Å².